The number of allylic oxidation sites excluding steroid dienone is 1. The second-order valence-corrected chi connectivity index (χ2v) is 1.95. The highest BCUT2D eigenvalue weighted by Crippen LogP contribution is 2.00. The largest absolute Gasteiger partial charge is 0.301 e. The number of nitrogens with one attached hydrogen (secondary N) is 1. The molecule has 0 fully saturated rings. The van der Waals surface area contributed by atoms with Crippen LogP contribution in [-0.2, 0) is 6.42 Å². The lowest BCUT2D eigenvalue weighted by molar-refractivity contribution is 0.832. The van der Waals surface area contributed by atoms with Crippen molar-refractivity contribution < 1.29 is 0 Å². The SMILES string of the molecule is C1=CNn2ccnc2C1. The maximum Gasteiger partial charge on any atom is 0.131 e. The summed E-state index contributed by atoms with van der Waals surface area (Å²) in [5.41, 5.74) is 3.02. The molecule has 9 heavy (non-hydrogen) atoms. The third-order valence-electron chi connectivity index (χ3n) is 1.35. The predicted octanol–water partition coefficient (Wildman–Crippen LogP) is 0.496. The minimum atomic E-state index is 0.931. The van der Waals surface area contributed by atoms with Crippen LogP contribution in [0.3, 0.4) is 0 Å². The van der Waals surface area contributed by atoms with Gasteiger partial charge < -0.3 is 5.43 Å². The standard InChI is InChI=1S/C6H7N3/c1-2-6-7-4-5-9(6)8-3-1/h1,3-5,8H,2H2. The Balaban J connectivity index is 2.46. The molecule has 0 unspecified atom stereocenters. The van der Waals surface area contributed by atoms with Gasteiger partial charge in [0.25, 0.3) is 0 Å². The zero-order valence-electron chi connectivity index (χ0n) is 4.91. The van der Waals surface area contributed by atoms with E-state index in [4.69, 9.17) is 0 Å². The molecule has 1 aromatic rings. The summed E-state index contributed by atoms with van der Waals surface area (Å²) in [5, 5.41) is 0. The Morgan fingerprint density at radius 1 is 1.67 bits per heavy atom. The molecule has 0 saturated heterocycles. The molecular weight excluding hydrogens is 114 g/mol. The number of aromatic nitrogens is 2. The smallest absolute Gasteiger partial charge is 0.131 e. The van der Waals surface area contributed by atoms with Crippen LogP contribution in [0, 0.1) is 0 Å². The second-order valence-electron chi connectivity index (χ2n) is 1.95. The van der Waals surface area contributed by atoms with E-state index in [1.54, 1.807) is 6.20 Å². The highest BCUT2D eigenvalue weighted by molar-refractivity contribution is 5.09. The van der Waals surface area contributed by atoms with Crippen molar-refractivity contribution in [3.63, 3.8) is 0 Å². The van der Waals surface area contributed by atoms with Gasteiger partial charge in [-0.1, -0.05) is 6.08 Å². The lowest BCUT2D eigenvalue weighted by Gasteiger charge is -2.08. The Morgan fingerprint density at radius 3 is 3.56 bits per heavy atom. The van der Waals surface area contributed by atoms with Crippen LogP contribution in [0.5, 0.6) is 0 Å². The molecule has 2 heterocycles. The van der Waals surface area contributed by atoms with Crippen molar-refractivity contribution in [3.8, 4) is 0 Å². The molecule has 1 N–H and O–H groups in total. The van der Waals surface area contributed by atoms with Crippen LogP contribution < -0.4 is 5.43 Å². The fraction of sp³-hybridized carbons (Fsp3) is 0.167. The highest BCUT2D eigenvalue weighted by atomic mass is 15.4. The van der Waals surface area contributed by atoms with Crippen molar-refractivity contribution in [2.45, 2.75) is 6.42 Å². The van der Waals surface area contributed by atoms with E-state index in [0.29, 0.717) is 0 Å². The number of nitrogens with zero attached hydrogens (tertiary/aromatic N) is 2. The Labute approximate surface area is 53.0 Å². The van der Waals surface area contributed by atoms with Crippen molar-refractivity contribution in [2.75, 3.05) is 5.43 Å². The van der Waals surface area contributed by atoms with E-state index in [2.05, 4.69) is 10.4 Å². The molecule has 0 bridgehead atoms. The van der Waals surface area contributed by atoms with Gasteiger partial charge in [-0.3, -0.25) is 0 Å². The number of hydrogen-bond acceptors (Lipinski definition) is 2. The number of rotatable bonds is 0. The van der Waals surface area contributed by atoms with Crippen LogP contribution in [0.1, 0.15) is 5.82 Å². The average Bonchev–Trinajstić information content (AvgIpc) is 2.33. The summed E-state index contributed by atoms with van der Waals surface area (Å²) in [6.07, 6.45) is 8.57. The van der Waals surface area contributed by atoms with Gasteiger partial charge in [0, 0.05) is 25.0 Å². The molecular formula is C6H7N3. The summed E-state index contributed by atoms with van der Waals surface area (Å²) < 4.78 is 1.90. The summed E-state index contributed by atoms with van der Waals surface area (Å²) in [6.45, 7) is 0. The van der Waals surface area contributed by atoms with Gasteiger partial charge in [-0.05, 0) is 0 Å². The van der Waals surface area contributed by atoms with Crippen molar-refractivity contribution in [3.05, 3.63) is 30.5 Å². The summed E-state index contributed by atoms with van der Waals surface area (Å²) in [6, 6.07) is 0. The van der Waals surface area contributed by atoms with Crippen molar-refractivity contribution in [1.82, 2.24) is 9.66 Å². The van der Waals surface area contributed by atoms with E-state index in [-0.39, 0.29) is 0 Å². The molecule has 46 valence electrons. The molecule has 0 aliphatic carbocycles. The molecule has 0 aromatic carbocycles. The van der Waals surface area contributed by atoms with Gasteiger partial charge in [0.15, 0.2) is 0 Å². The van der Waals surface area contributed by atoms with Crippen LogP contribution >= 0.6 is 0 Å². The van der Waals surface area contributed by atoms with Gasteiger partial charge in [0.05, 0.1) is 0 Å². The van der Waals surface area contributed by atoms with Crippen LogP contribution in [-0.4, -0.2) is 9.66 Å². The van der Waals surface area contributed by atoms with E-state index in [9.17, 15) is 0 Å². The molecule has 0 radical (unpaired) electrons. The zero-order valence-corrected chi connectivity index (χ0v) is 4.91. The fourth-order valence-corrected chi connectivity index (χ4v) is 0.900. The summed E-state index contributed by atoms with van der Waals surface area (Å²) in [7, 11) is 0. The van der Waals surface area contributed by atoms with Crippen LogP contribution in [0.2, 0.25) is 0 Å². The Bertz CT molecular complexity index is 214. The van der Waals surface area contributed by atoms with Crippen molar-refractivity contribution in [2.24, 2.45) is 0 Å². The molecule has 0 spiro atoms. The molecule has 1 aliphatic rings. The molecule has 0 amide bonds. The normalized spacial score (nSPS) is 14.7. The van der Waals surface area contributed by atoms with Gasteiger partial charge in [0.1, 0.15) is 5.82 Å². The fourth-order valence-electron chi connectivity index (χ4n) is 0.900. The lowest BCUT2D eigenvalue weighted by Crippen LogP contribution is -2.14. The zero-order chi connectivity index (χ0) is 6.10. The van der Waals surface area contributed by atoms with Crippen molar-refractivity contribution in [1.29, 1.82) is 0 Å². The van der Waals surface area contributed by atoms with Crippen molar-refractivity contribution >= 4 is 0 Å². The first-order valence-electron chi connectivity index (χ1n) is 2.90. The van der Waals surface area contributed by atoms with Crippen LogP contribution in [0.25, 0.3) is 0 Å². The Hall–Kier alpha value is -1.25. The van der Waals surface area contributed by atoms with Gasteiger partial charge in [-0.2, -0.15) is 0 Å². The third kappa shape index (κ3) is 0.614. The first-order valence-corrected chi connectivity index (χ1v) is 2.90. The topological polar surface area (TPSA) is 29.9 Å². The number of imidazole rings is 1. The first kappa shape index (κ1) is 4.61. The minimum Gasteiger partial charge on any atom is -0.301 e. The monoisotopic (exact) mass is 121 g/mol. The maximum absolute atomic E-state index is 4.11. The lowest BCUT2D eigenvalue weighted by atomic mass is 10.4. The van der Waals surface area contributed by atoms with Gasteiger partial charge in [-0.15, -0.1) is 0 Å². The second kappa shape index (κ2) is 1.62. The number of fused-ring (bicyclic) bond motifs is 1. The summed E-state index contributed by atoms with van der Waals surface area (Å²) in [5.74, 6) is 1.07. The third-order valence-corrected chi connectivity index (χ3v) is 1.35. The average molecular weight is 121 g/mol. The molecule has 1 aliphatic heterocycles. The minimum absolute atomic E-state index is 0.931. The first-order chi connectivity index (χ1) is 4.47. The summed E-state index contributed by atoms with van der Waals surface area (Å²) in [4.78, 5) is 4.11. The van der Waals surface area contributed by atoms with Gasteiger partial charge >= 0.3 is 0 Å². The van der Waals surface area contributed by atoms with E-state index >= 15 is 0 Å². The molecule has 0 atom stereocenters. The van der Waals surface area contributed by atoms with E-state index in [0.717, 1.165) is 12.2 Å². The van der Waals surface area contributed by atoms with Gasteiger partial charge in [-0.25, -0.2) is 9.66 Å². The molecule has 1 aromatic heterocycles. The van der Waals surface area contributed by atoms with Crippen LogP contribution in [0.15, 0.2) is 24.7 Å². The van der Waals surface area contributed by atoms with Gasteiger partial charge in [0.2, 0.25) is 0 Å². The Kier molecular flexibility index (Phi) is 0.828. The predicted molar refractivity (Wildman–Crippen MR) is 34.4 cm³/mol. The highest BCUT2D eigenvalue weighted by Gasteiger charge is 2.00. The number of hydrogen-bond donors (Lipinski definition) is 1. The quantitative estimate of drug-likeness (QED) is 0.541. The molecule has 2 rings (SSSR count). The van der Waals surface area contributed by atoms with Crippen LogP contribution in [0.4, 0.5) is 0 Å². The molecule has 3 heteroatoms. The summed E-state index contributed by atoms with van der Waals surface area (Å²) >= 11 is 0. The maximum atomic E-state index is 4.11. The van der Waals surface area contributed by atoms with E-state index in [1.165, 1.54) is 0 Å². The van der Waals surface area contributed by atoms with E-state index in [1.807, 2.05) is 23.1 Å². The Morgan fingerprint density at radius 2 is 2.67 bits per heavy atom. The molecule has 0 saturated carbocycles. The van der Waals surface area contributed by atoms with E-state index < -0.39 is 0 Å². The molecule has 3 nitrogen and oxygen atoms in total.